The fourth-order valence-electron chi connectivity index (χ4n) is 1.52. The van der Waals surface area contributed by atoms with Crippen LogP contribution in [-0.4, -0.2) is 20.2 Å². The zero-order valence-electron chi connectivity index (χ0n) is 12.0. The van der Waals surface area contributed by atoms with E-state index in [0.29, 0.717) is 5.92 Å². The number of aryl methyl sites for hydroxylation is 1. The summed E-state index contributed by atoms with van der Waals surface area (Å²) in [6, 6.07) is 1.98. The number of hydrogen-bond donors (Lipinski definition) is 0. The van der Waals surface area contributed by atoms with Gasteiger partial charge < -0.3 is 0 Å². The molecule has 0 saturated heterocycles. The molecule has 0 N–H and O–H groups in total. The maximum absolute atomic E-state index is 11.8. The van der Waals surface area contributed by atoms with Gasteiger partial charge >= 0.3 is 0 Å². The highest BCUT2D eigenvalue weighted by Crippen LogP contribution is 2.18. The highest BCUT2D eigenvalue weighted by molar-refractivity contribution is 7.85. The van der Waals surface area contributed by atoms with E-state index < -0.39 is 11.0 Å². The Morgan fingerprint density at radius 1 is 1.39 bits per heavy atom. The van der Waals surface area contributed by atoms with E-state index in [1.807, 2.05) is 33.0 Å². The van der Waals surface area contributed by atoms with Gasteiger partial charge in [0.15, 0.2) is 0 Å². The summed E-state index contributed by atoms with van der Waals surface area (Å²) < 4.78 is 15.5. The molecule has 1 heterocycles. The second kappa shape index (κ2) is 5.74. The highest BCUT2D eigenvalue weighted by atomic mass is 32.2. The van der Waals surface area contributed by atoms with Crippen LogP contribution >= 0.6 is 0 Å². The zero-order chi connectivity index (χ0) is 13.9. The lowest BCUT2D eigenvalue weighted by molar-refractivity contribution is 0.651. The Balaban J connectivity index is 2.91. The maximum Gasteiger partial charge on any atom is 0.144 e. The van der Waals surface area contributed by atoms with Crippen molar-refractivity contribution in [1.82, 2.24) is 4.98 Å². The van der Waals surface area contributed by atoms with Crippen LogP contribution < -0.4 is 0 Å². The van der Waals surface area contributed by atoms with Gasteiger partial charge in [0.1, 0.15) is 11.0 Å². The van der Waals surface area contributed by atoms with E-state index in [4.69, 9.17) is 0 Å². The minimum atomic E-state index is -1.23. The Kier molecular flexibility index (Phi) is 4.79. The van der Waals surface area contributed by atoms with Crippen molar-refractivity contribution in [3.63, 3.8) is 0 Å². The molecule has 0 radical (unpaired) electrons. The molecule has 4 heteroatoms. The van der Waals surface area contributed by atoms with Crippen molar-refractivity contribution in [1.29, 1.82) is 0 Å². The molecule has 0 aliphatic rings. The number of rotatable bonds is 3. The Labute approximate surface area is 112 Å². The van der Waals surface area contributed by atoms with Gasteiger partial charge in [0, 0.05) is 6.20 Å². The first-order valence-corrected chi connectivity index (χ1v) is 7.25. The Hall–Kier alpha value is -1.03. The monoisotopic (exact) mass is 266 g/mol. The van der Waals surface area contributed by atoms with Crippen LogP contribution in [0.5, 0.6) is 0 Å². The van der Waals surface area contributed by atoms with Crippen LogP contribution in [-0.2, 0) is 11.0 Å². The van der Waals surface area contributed by atoms with Gasteiger partial charge in [0.25, 0.3) is 0 Å². The smallest absolute Gasteiger partial charge is 0.144 e. The Morgan fingerprint density at radius 3 is 2.44 bits per heavy atom. The van der Waals surface area contributed by atoms with Crippen LogP contribution in [0.25, 0.3) is 0 Å². The van der Waals surface area contributed by atoms with E-state index in [0.717, 1.165) is 5.69 Å². The molecular formula is C14H22N2OS. The van der Waals surface area contributed by atoms with Crippen LogP contribution in [0.1, 0.15) is 57.4 Å². The fourth-order valence-corrected chi connectivity index (χ4v) is 2.04. The van der Waals surface area contributed by atoms with Crippen LogP contribution in [0, 0.1) is 6.92 Å². The summed E-state index contributed by atoms with van der Waals surface area (Å²) in [7, 11) is -1.23. The van der Waals surface area contributed by atoms with Crippen molar-refractivity contribution in [2.24, 2.45) is 4.40 Å². The molecule has 18 heavy (non-hydrogen) atoms. The van der Waals surface area contributed by atoms with E-state index in [2.05, 4.69) is 30.2 Å². The van der Waals surface area contributed by atoms with Crippen LogP contribution in [0.3, 0.4) is 0 Å². The van der Waals surface area contributed by atoms with E-state index in [1.165, 1.54) is 11.1 Å². The quantitative estimate of drug-likeness (QED) is 0.787. The second-order valence-electron chi connectivity index (χ2n) is 5.72. The molecule has 0 fully saturated rings. The molecule has 0 aliphatic carbocycles. The lowest BCUT2D eigenvalue weighted by atomic mass is 10.0. The molecule has 0 bridgehead atoms. The molecule has 1 aromatic rings. The number of aromatic nitrogens is 1. The van der Waals surface area contributed by atoms with Crippen molar-refractivity contribution < 1.29 is 4.21 Å². The number of nitrogens with zero attached hydrogens (tertiary/aromatic N) is 2. The average molecular weight is 266 g/mol. The van der Waals surface area contributed by atoms with Crippen molar-refractivity contribution in [3.05, 3.63) is 29.1 Å². The lowest BCUT2D eigenvalue weighted by Crippen LogP contribution is -2.19. The summed E-state index contributed by atoms with van der Waals surface area (Å²) in [6.45, 7) is 12.1. The molecular weight excluding hydrogens is 244 g/mol. The largest absolute Gasteiger partial charge is 0.255 e. The van der Waals surface area contributed by atoms with Crippen molar-refractivity contribution >= 4 is 17.2 Å². The standard InChI is InChI=1S/C14H22N2OS/c1-10(2)13-9-15-12(7-11(13)3)8-16-18(17)14(4,5)6/h7-10H,1-6H3/t18-/m1/s1. The first-order valence-electron chi connectivity index (χ1n) is 6.14. The van der Waals surface area contributed by atoms with E-state index in [1.54, 1.807) is 6.21 Å². The van der Waals surface area contributed by atoms with Gasteiger partial charge in [0.2, 0.25) is 0 Å². The van der Waals surface area contributed by atoms with Crippen LogP contribution in [0.4, 0.5) is 0 Å². The van der Waals surface area contributed by atoms with Gasteiger partial charge in [-0.3, -0.25) is 4.98 Å². The van der Waals surface area contributed by atoms with E-state index in [-0.39, 0.29) is 4.75 Å². The van der Waals surface area contributed by atoms with Gasteiger partial charge in [-0.05, 0) is 50.8 Å². The topological polar surface area (TPSA) is 42.3 Å². The Morgan fingerprint density at radius 2 is 2.00 bits per heavy atom. The van der Waals surface area contributed by atoms with Gasteiger partial charge in [-0.15, -0.1) is 0 Å². The molecule has 3 nitrogen and oxygen atoms in total. The molecule has 0 unspecified atom stereocenters. The predicted octanol–water partition coefficient (Wildman–Crippen LogP) is 3.39. The van der Waals surface area contributed by atoms with Crippen molar-refractivity contribution in [2.75, 3.05) is 0 Å². The average Bonchev–Trinajstić information content (AvgIpc) is 2.24. The SMILES string of the molecule is Cc1cc(C=N[S@](=O)C(C)(C)C)ncc1C(C)C. The minimum Gasteiger partial charge on any atom is -0.255 e. The van der Waals surface area contributed by atoms with Crippen LogP contribution in [0.15, 0.2) is 16.7 Å². The van der Waals surface area contributed by atoms with Gasteiger partial charge in [-0.2, -0.15) is 4.40 Å². The molecule has 0 amide bonds. The van der Waals surface area contributed by atoms with Crippen molar-refractivity contribution in [2.45, 2.75) is 52.2 Å². The first kappa shape index (κ1) is 15.0. The molecule has 0 aliphatic heterocycles. The normalized spacial score (nSPS) is 14.4. The molecule has 1 aromatic heterocycles. The molecule has 1 atom stereocenters. The molecule has 1 rings (SSSR count). The summed E-state index contributed by atoms with van der Waals surface area (Å²) in [5.41, 5.74) is 3.20. The third-order valence-corrected chi connectivity index (χ3v) is 3.94. The van der Waals surface area contributed by atoms with Gasteiger partial charge in [-0.1, -0.05) is 13.8 Å². The third kappa shape index (κ3) is 4.02. The summed E-state index contributed by atoms with van der Waals surface area (Å²) in [6.07, 6.45) is 3.47. The third-order valence-electron chi connectivity index (χ3n) is 2.60. The summed E-state index contributed by atoms with van der Waals surface area (Å²) in [5.74, 6) is 0.465. The summed E-state index contributed by atoms with van der Waals surface area (Å²) in [5, 5.41) is 0. The molecule has 0 aromatic carbocycles. The molecule has 0 saturated carbocycles. The van der Waals surface area contributed by atoms with E-state index >= 15 is 0 Å². The van der Waals surface area contributed by atoms with Crippen molar-refractivity contribution in [3.8, 4) is 0 Å². The minimum absolute atomic E-state index is 0.330. The van der Waals surface area contributed by atoms with Gasteiger partial charge in [0.05, 0.1) is 16.7 Å². The first-order chi connectivity index (χ1) is 8.21. The highest BCUT2D eigenvalue weighted by Gasteiger charge is 2.18. The molecule has 100 valence electrons. The Bertz CT molecular complexity index is 473. The van der Waals surface area contributed by atoms with E-state index in [9.17, 15) is 4.21 Å². The second-order valence-corrected chi connectivity index (χ2v) is 7.65. The molecule has 0 spiro atoms. The van der Waals surface area contributed by atoms with Crippen LogP contribution in [0.2, 0.25) is 0 Å². The number of pyridine rings is 1. The lowest BCUT2D eigenvalue weighted by Gasteiger charge is -2.13. The predicted molar refractivity (Wildman–Crippen MR) is 78.6 cm³/mol. The maximum atomic E-state index is 11.8. The zero-order valence-corrected chi connectivity index (χ0v) is 12.8. The summed E-state index contributed by atoms with van der Waals surface area (Å²) in [4.78, 5) is 4.33. The number of hydrogen-bond acceptors (Lipinski definition) is 2. The van der Waals surface area contributed by atoms with Gasteiger partial charge in [-0.25, -0.2) is 4.21 Å². The summed E-state index contributed by atoms with van der Waals surface area (Å²) >= 11 is 0. The fraction of sp³-hybridized carbons (Fsp3) is 0.571.